The van der Waals surface area contributed by atoms with Gasteiger partial charge in [0.05, 0.1) is 5.56 Å². The number of rotatable bonds is 9. The number of unbranched alkanes of at least 4 members (excludes halogenated alkanes) is 1. The van der Waals surface area contributed by atoms with Crippen LogP contribution in [-0.4, -0.2) is 25.5 Å². The highest BCUT2D eigenvalue weighted by Crippen LogP contribution is 2.23. The summed E-state index contributed by atoms with van der Waals surface area (Å²) in [5.41, 5.74) is 3.22. The zero-order valence-corrected chi connectivity index (χ0v) is 20.1. The van der Waals surface area contributed by atoms with Gasteiger partial charge in [-0.25, -0.2) is 4.98 Å². The first-order chi connectivity index (χ1) is 17.7. The number of ether oxygens (including phenoxy) is 1. The number of fused-ring (bicyclic) bond motifs is 1. The van der Waals surface area contributed by atoms with Crippen molar-refractivity contribution in [1.82, 2.24) is 19.6 Å². The highest BCUT2D eigenvalue weighted by molar-refractivity contribution is 6.05. The molecular weight excluding hydrogens is 450 g/mol. The van der Waals surface area contributed by atoms with Gasteiger partial charge in [-0.3, -0.25) is 4.79 Å². The van der Waals surface area contributed by atoms with Crippen molar-refractivity contribution in [2.24, 2.45) is 0 Å². The quantitative estimate of drug-likeness (QED) is 0.283. The van der Waals surface area contributed by atoms with Crippen LogP contribution in [0.15, 0.2) is 91.0 Å². The fourth-order valence-electron chi connectivity index (χ4n) is 3.90. The smallest absolute Gasteiger partial charge is 0.260 e. The van der Waals surface area contributed by atoms with E-state index in [9.17, 15) is 4.79 Å². The van der Waals surface area contributed by atoms with Crippen molar-refractivity contribution in [1.29, 1.82) is 0 Å². The summed E-state index contributed by atoms with van der Waals surface area (Å²) in [4.78, 5) is 22.8. The van der Waals surface area contributed by atoms with Gasteiger partial charge in [0.15, 0.2) is 5.82 Å². The normalized spacial score (nSPS) is 10.9. The third-order valence-electron chi connectivity index (χ3n) is 5.79. The lowest BCUT2D eigenvalue weighted by Crippen LogP contribution is -2.17. The predicted octanol–water partition coefficient (Wildman–Crippen LogP) is 5.97. The van der Waals surface area contributed by atoms with Gasteiger partial charge in [-0.05, 0) is 30.5 Å². The number of aromatic nitrogens is 4. The molecule has 0 saturated carbocycles. The summed E-state index contributed by atoms with van der Waals surface area (Å²) in [6, 6.07) is 28.7. The van der Waals surface area contributed by atoms with Gasteiger partial charge in [-0.1, -0.05) is 86.1 Å². The van der Waals surface area contributed by atoms with E-state index in [1.54, 1.807) is 16.6 Å². The SMILES string of the molecule is CCCCc1cc(NC(=O)c2ccccc2OCc2ccccc2)n2nc(-c3ccccc3)nc2n1. The van der Waals surface area contributed by atoms with Gasteiger partial charge >= 0.3 is 0 Å². The number of nitrogens with zero attached hydrogens (tertiary/aromatic N) is 4. The van der Waals surface area contributed by atoms with Crippen molar-refractivity contribution < 1.29 is 9.53 Å². The largest absolute Gasteiger partial charge is 0.488 e. The average Bonchev–Trinajstić information content (AvgIpc) is 3.37. The summed E-state index contributed by atoms with van der Waals surface area (Å²) in [6.07, 6.45) is 2.83. The summed E-state index contributed by atoms with van der Waals surface area (Å²) < 4.78 is 7.59. The van der Waals surface area contributed by atoms with Crippen LogP contribution in [0.1, 0.15) is 41.4 Å². The minimum atomic E-state index is -0.288. The molecule has 0 saturated heterocycles. The van der Waals surface area contributed by atoms with Crippen LogP contribution in [0.4, 0.5) is 5.82 Å². The van der Waals surface area contributed by atoms with Crippen LogP contribution >= 0.6 is 0 Å². The summed E-state index contributed by atoms with van der Waals surface area (Å²) in [7, 11) is 0. The zero-order chi connectivity index (χ0) is 24.7. The molecule has 1 amide bonds. The van der Waals surface area contributed by atoms with E-state index < -0.39 is 0 Å². The Morgan fingerprint density at radius 3 is 2.42 bits per heavy atom. The van der Waals surface area contributed by atoms with Crippen molar-refractivity contribution in [3.05, 3.63) is 108 Å². The van der Waals surface area contributed by atoms with Crippen molar-refractivity contribution >= 4 is 17.5 Å². The number of para-hydroxylation sites is 1. The number of anilines is 1. The van der Waals surface area contributed by atoms with Gasteiger partial charge in [0, 0.05) is 17.3 Å². The van der Waals surface area contributed by atoms with Gasteiger partial charge < -0.3 is 10.1 Å². The Morgan fingerprint density at radius 2 is 1.64 bits per heavy atom. The minimum absolute atomic E-state index is 0.288. The standard InChI is InChI=1S/C29H27N5O2/c1-2-3-16-23-19-26(34-29(30-23)32-27(33-34)22-14-8-5-9-15-22)31-28(35)24-17-10-11-18-25(24)36-20-21-12-6-4-7-13-21/h4-15,17-19H,2-3,16,20H2,1H3,(H,31,35). The Balaban J connectivity index is 1.46. The zero-order valence-electron chi connectivity index (χ0n) is 20.1. The van der Waals surface area contributed by atoms with E-state index in [-0.39, 0.29) is 5.91 Å². The lowest BCUT2D eigenvalue weighted by molar-refractivity contribution is 0.102. The molecule has 0 radical (unpaired) electrons. The first-order valence-corrected chi connectivity index (χ1v) is 12.1. The summed E-state index contributed by atoms with van der Waals surface area (Å²) in [5.74, 6) is 1.75. The van der Waals surface area contributed by atoms with Crippen LogP contribution in [-0.2, 0) is 13.0 Å². The molecule has 0 fully saturated rings. The maximum atomic E-state index is 13.4. The number of hydrogen-bond acceptors (Lipinski definition) is 5. The van der Waals surface area contributed by atoms with Crippen LogP contribution in [0.3, 0.4) is 0 Å². The number of carbonyl (C=O) groups excluding carboxylic acids is 1. The van der Waals surface area contributed by atoms with Crippen molar-refractivity contribution in [2.45, 2.75) is 32.8 Å². The second-order valence-corrected chi connectivity index (χ2v) is 8.47. The minimum Gasteiger partial charge on any atom is -0.488 e. The molecule has 180 valence electrons. The van der Waals surface area contributed by atoms with Crippen molar-refractivity contribution in [2.75, 3.05) is 5.32 Å². The van der Waals surface area contributed by atoms with Gasteiger partial charge in [0.25, 0.3) is 11.7 Å². The van der Waals surface area contributed by atoms with E-state index in [1.807, 2.05) is 78.9 Å². The fraction of sp³-hybridized carbons (Fsp3) is 0.172. The molecule has 0 bridgehead atoms. The molecule has 3 aromatic carbocycles. The van der Waals surface area contributed by atoms with E-state index in [4.69, 9.17) is 9.72 Å². The van der Waals surface area contributed by atoms with Crippen LogP contribution in [0.5, 0.6) is 5.75 Å². The van der Waals surface area contributed by atoms with Gasteiger partial charge in [-0.2, -0.15) is 9.50 Å². The second kappa shape index (κ2) is 10.8. The predicted molar refractivity (Wildman–Crippen MR) is 140 cm³/mol. The van der Waals surface area contributed by atoms with E-state index in [0.717, 1.165) is 36.1 Å². The molecule has 0 atom stereocenters. The van der Waals surface area contributed by atoms with Crippen molar-refractivity contribution in [3.8, 4) is 17.1 Å². The number of aryl methyl sites for hydroxylation is 1. The maximum absolute atomic E-state index is 13.4. The molecule has 0 aliphatic heterocycles. The highest BCUT2D eigenvalue weighted by Gasteiger charge is 2.17. The van der Waals surface area contributed by atoms with Crippen molar-refractivity contribution in [3.63, 3.8) is 0 Å². The lowest BCUT2D eigenvalue weighted by atomic mass is 10.1. The number of nitrogens with one attached hydrogen (secondary N) is 1. The second-order valence-electron chi connectivity index (χ2n) is 8.47. The van der Waals surface area contributed by atoms with Gasteiger partial charge in [0.2, 0.25) is 0 Å². The summed E-state index contributed by atoms with van der Waals surface area (Å²) in [6.45, 7) is 2.51. The molecule has 0 spiro atoms. The Kier molecular flexibility index (Phi) is 6.98. The maximum Gasteiger partial charge on any atom is 0.260 e. The molecule has 7 nitrogen and oxygen atoms in total. The molecule has 0 aliphatic rings. The number of amides is 1. The molecule has 0 unspecified atom stereocenters. The Bertz CT molecular complexity index is 1470. The monoisotopic (exact) mass is 477 g/mol. The fourth-order valence-corrected chi connectivity index (χ4v) is 3.90. The first-order valence-electron chi connectivity index (χ1n) is 12.1. The Morgan fingerprint density at radius 1 is 0.917 bits per heavy atom. The van der Waals surface area contributed by atoms with Crippen LogP contribution < -0.4 is 10.1 Å². The van der Waals surface area contributed by atoms with E-state index >= 15 is 0 Å². The molecule has 2 heterocycles. The molecule has 5 rings (SSSR count). The average molecular weight is 478 g/mol. The topological polar surface area (TPSA) is 81.4 Å². The molecule has 2 aromatic heterocycles. The van der Waals surface area contributed by atoms with Crippen LogP contribution in [0, 0.1) is 0 Å². The van der Waals surface area contributed by atoms with E-state index in [1.165, 1.54) is 0 Å². The molecule has 5 aromatic rings. The Hall–Kier alpha value is -4.52. The first kappa shape index (κ1) is 23.2. The summed E-state index contributed by atoms with van der Waals surface area (Å²) >= 11 is 0. The van der Waals surface area contributed by atoms with Crippen LogP contribution in [0.2, 0.25) is 0 Å². The van der Waals surface area contributed by atoms with E-state index in [2.05, 4.69) is 22.3 Å². The van der Waals surface area contributed by atoms with Gasteiger partial charge in [-0.15, -0.1) is 5.10 Å². The molecule has 1 N–H and O–H groups in total. The lowest BCUT2D eigenvalue weighted by Gasteiger charge is -2.13. The molecular formula is C29H27N5O2. The summed E-state index contributed by atoms with van der Waals surface area (Å²) in [5, 5.41) is 7.67. The van der Waals surface area contributed by atoms with E-state index in [0.29, 0.717) is 35.3 Å². The third-order valence-corrected chi connectivity index (χ3v) is 5.79. The number of hydrogen-bond donors (Lipinski definition) is 1. The molecule has 36 heavy (non-hydrogen) atoms. The highest BCUT2D eigenvalue weighted by atomic mass is 16.5. The molecule has 0 aliphatic carbocycles. The molecule has 7 heteroatoms. The Labute approximate surface area is 209 Å². The van der Waals surface area contributed by atoms with Crippen LogP contribution in [0.25, 0.3) is 17.2 Å². The third kappa shape index (κ3) is 5.25. The van der Waals surface area contributed by atoms with Gasteiger partial charge in [0.1, 0.15) is 18.2 Å². The number of carbonyl (C=O) groups is 1. The number of benzene rings is 3.